The summed E-state index contributed by atoms with van der Waals surface area (Å²) < 4.78 is 3.34. The van der Waals surface area contributed by atoms with Gasteiger partial charge in [0.2, 0.25) is 0 Å². The largest absolute Gasteiger partial charge is 0.264 e. The molecule has 2 rings (SSSR count). The Bertz CT molecular complexity index is 443. The van der Waals surface area contributed by atoms with Crippen molar-refractivity contribution < 1.29 is 0 Å². The predicted octanol–water partition coefficient (Wildman–Crippen LogP) is 3.19. The minimum Gasteiger partial charge on any atom is -0.264 e. The first-order valence-electron chi connectivity index (χ1n) is 5.20. The Morgan fingerprint density at radius 3 is 2.75 bits per heavy atom. The van der Waals surface area contributed by atoms with E-state index in [9.17, 15) is 0 Å². The Kier molecular flexibility index (Phi) is 3.97. The molecule has 3 heteroatoms. The van der Waals surface area contributed by atoms with E-state index in [2.05, 4.69) is 28.8 Å². The van der Waals surface area contributed by atoms with Crippen LogP contribution in [0, 0.1) is 6.92 Å². The van der Waals surface area contributed by atoms with Crippen molar-refractivity contribution in [2.45, 2.75) is 18.4 Å². The Labute approximate surface area is 100 Å². The number of aromatic nitrogens is 1. The lowest BCUT2D eigenvalue weighted by Crippen LogP contribution is -2.04. The fourth-order valence-corrected chi connectivity index (χ4v) is 2.06. The van der Waals surface area contributed by atoms with Gasteiger partial charge in [-0.25, -0.2) is 0 Å². The van der Waals surface area contributed by atoms with Crippen molar-refractivity contribution >= 4 is 11.9 Å². The third kappa shape index (κ3) is 3.08. The van der Waals surface area contributed by atoms with Gasteiger partial charge in [-0.05, 0) is 48.2 Å². The molecule has 1 N–H and O–H groups in total. The third-order valence-electron chi connectivity index (χ3n) is 2.34. The fourth-order valence-electron chi connectivity index (χ4n) is 1.37. The van der Waals surface area contributed by atoms with Gasteiger partial charge in [0.15, 0.2) is 0 Å². The molecule has 1 heterocycles. The van der Waals surface area contributed by atoms with Crippen molar-refractivity contribution in [1.29, 1.82) is 0 Å². The van der Waals surface area contributed by atoms with Crippen molar-refractivity contribution in [3.63, 3.8) is 0 Å². The fraction of sp³-hybridized carbons (Fsp3) is 0.154. The minimum absolute atomic E-state index is 0.833. The SMILES string of the molecule is Cc1ccncc1CNSc1ccccc1. The average Bonchev–Trinajstić information content (AvgIpc) is 2.33. The van der Waals surface area contributed by atoms with Crippen LogP contribution in [0.5, 0.6) is 0 Å². The quantitative estimate of drug-likeness (QED) is 0.817. The van der Waals surface area contributed by atoms with Crippen molar-refractivity contribution in [1.82, 2.24) is 9.71 Å². The second kappa shape index (κ2) is 5.68. The number of aryl methyl sites for hydroxylation is 1. The molecule has 2 nitrogen and oxygen atoms in total. The van der Waals surface area contributed by atoms with E-state index in [0.717, 1.165) is 6.54 Å². The highest BCUT2D eigenvalue weighted by Crippen LogP contribution is 2.14. The highest BCUT2D eigenvalue weighted by atomic mass is 32.2. The molecule has 0 amide bonds. The second-order valence-corrected chi connectivity index (χ2v) is 4.50. The van der Waals surface area contributed by atoms with Crippen molar-refractivity contribution in [3.8, 4) is 0 Å². The number of nitrogens with zero attached hydrogens (tertiary/aromatic N) is 1. The zero-order valence-corrected chi connectivity index (χ0v) is 10.00. The lowest BCUT2D eigenvalue weighted by molar-refractivity contribution is 0.948. The van der Waals surface area contributed by atoms with Crippen LogP contribution >= 0.6 is 11.9 Å². The van der Waals surface area contributed by atoms with E-state index in [1.54, 1.807) is 11.9 Å². The molecule has 16 heavy (non-hydrogen) atoms. The summed E-state index contributed by atoms with van der Waals surface area (Å²) in [5.41, 5.74) is 2.52. The molecule has 82 valence electrons. The first-order valence-corrected chi connectivity index (χ1v) is 6.02. The van der Waals surface area contributed by atoms with Gasteiger partial charge in [-0.2, -0.15) is 0 Å². The second-order valence-electron chi connectivity index (χ2n) is 3.54. The van der Waals surface area contributed by atoms with E-state index in [1.807, 2.05) is 36.7 Å². The highest BCUT2D eigenvalue weighted by molar-refractivity contribution is 7.97. The van der Waals surface area contributed by atoms with E-state index in [4.69, 9.17) is 0 Å². The maximum Gasteiger partial charge on any atom is 0.0331 e. The number of rotatable bonds is 4. The van der Waals surface area contributed by atoms with Gasteiger partial charge in [-0.1, -0.05) is 18.2 Å². The molecule has 0 saturated heterocycles. The summed E-state index contributed by atoms with van der Waals surface area (Å²) in [7, 11) is 0. The minimum atomic E-state index is 0.833. The number of hydrogen-bond acceptors (Lipinski definition) is 3. The first-order chi connectivity index (χ1) is 7.86. The van der Waals surface area contributed by atoms with Crippen LogP contribution in [0.1, 0.15) is 11.1 Å². The van der Waals surface area contributed by atoms with Gasteiger partial charge in [0.25, 0.3) is 0 Å². The van der Waals surface area contributed by atoms with E-state index in [1.165, 1.54) is 16.0 Å². The molecule has 1 aromatic carbocycles. The van der Waals surface area contributed by atoms with E-state index >= 15 is 0 Å². The normalized spacial score (nSPS) is 10.3. The molecule has 0 aliphatic rings. The molecule has 0 saturated carbocycles. The molecule has 0 unspecified atom stereocenters. The van der Waals surface area contributed by atoms with E-state index in [-0.39, 0.29) is 0 Å². The highest BCUT2D eigenvalue weighted by Gasteiger charge is 1.97. The van der Waals surface area contributed by atoms with Gasteiger partial charge >= 0.3 is 0 Å². The molecule has 0 aliphatic heterocycles. The summed E-state index contributed by atoms with van der Waals surface area (Å²) in [5.74, 6) is 0. The summed E-state index contributed by atoms with van der Waals surface area (Å²) in [4.78, 5) is 5.35. The molecule has 2 aromatic rings. The van der Waals surface area contributed by atoms with Crippen LogP contribution in [0.4, 0.5) is 0 Å². The van der Waals surface area contributed by atoms with Crippen LogP contribution in [0.2, 0.25) is 0 Å². The average molecular weight is 230 g/mol. The molecule has 0 spiro atoms. The third-order valence-corrected chi connectivity index (χ3v) is 3.14. The van der Waals surface area contributed by atoms with Crippen molar-refractivity contribution in [2.24, 2.45) is 0 Å². The molecule has 0 bridgehead atoms. The molecule has 0 fully saturated rings. The van der Waals surface area contributed by atoms with Gasteiger partial charge in [-0.3, -0.25) is 9.71 Å². The monoisotopic (exact) mass is 230 g/mol. The Hall–Kier alpha value is -1.32. The van der Waals surface area contributed by atoms with Gasteiger partial charge in [-0.15, -0.1) is 0 Å². The standard InChI is InChI=1S/C13H14N2S/c1-11-7-8-14-9-12(11)10-15-16-13-5-3-2-4-6-13/h2-9,15H,10H2,1H3. The number of benzene rings is 1. The van der Waals surface area contributed by atoms with Crippen LogP contribution in [-0.4, -0.2) is 4.98 Å². The van der Waals surface area contributed by atoms with Crippen LogP contribution in [0.15, 0.2) is 53.7 Å². The summed E-state index contributed by atoms with van der Waals surface area (Å²) in [5, 5.41) is 0. The Balaban J connectivity index is 1.87. The van der Waals surface area contributed by atoms with Crippen molar-refractivity contribution in [3.05, 3.63) is 59.9 Å². The number of nitrogens with one attached hydrogen (secondary N) is 1. The zero-order valence-electron chi connectivity index (χ0n) is 9.18. The molecular weight excluding hydrogens is 216 g/mol. The number of hydrogen-bond donors (Lipinski definition) is 1. The van der Waals surface area contributed by atoms with Crippen LogP contribution in [0.3, 0.4) is 0 Å². The summed E-state index contributed by atoms with van der Waals surface area (Å²) in [6, 6.07) is 12.3. The molecule has 0 aliphatic carbocycles. The van der Waals surface area contributed by atoms with Crippen LogP contribution in [-0.2, 0) is 6.54 Å². The van der Waals surface area contributed by atoms with Gasteiger partial charge in [0.1, 0.15) is 0 Å². The summed E-state index contributed by atoms with van der Waals surface area (Å²) in [6.45, 7) is 2.94. The smallest absolute Gasteiger partial charge is 0.0331 e. The van der Waals surface area contributed by atoms with Gasteiger partial charge < -0.3 is 0 Å². The molecule has 0 atom stereocenters. The Morgan fingerprint density at radius 1 is 1.19 bits per heavy atom. The van der Waals surface area contributed by atoms with Gasteiger partial charge in [0, 0.05) is 23.8 Å². The molecule has 1 aromatic heterocycles. The lowest BCUT2D eigenvalue weighted by atomic mass is 10.2. The maximum atomic E-state index is 4.12. The van der Waals surface area contributed by atoms with E-state index < -0.39 is 0 Å². The summed E-state index contributed by atoms with van der Waals surface area (Å²) in [6.07, 6.45) is 3.73. The summed E-state index contributed by atoms with van der Waals surface area (Å²) >= 11 is 1.65. The number of pyridine rings is 1. The Morgan fingerprint density at radius 2 is 2.00 bits per heavy atom. The first kappa shape index (κ1) is 11.2. The maximum absolute atomic E-state index is 4.12. The molecule has 0 radical (unpaired) electrons. The van der Waals surface area contributed by atoms with E-state index in [0.29, 0.717) is 0 Å². The predicted molar refractivity (Wildman–Crippen MR) is 68.1 cm³/mol. The lowest BCUT2D eigenvalue weighted by Gasteiger charge is -2.06. The van der Waals surface area contributed by atoms with Crippen molar-refractivity contribution in [2.75, 3.05) is 0 Å². The topological polar surface area (TPSA) is 24.9 Å². The molecular formula is C13H14N2S. The zero-order chi connectivity index (χ0) is 11.2. The van der Waals surface area contributed by atoms with Crippen LogP contribution < -0.4 is 4.72 Å². The van der Waals surface area contributed by atoms with Gasteiger partial charge in [0.05, 0.1) is 0 Å². The van der Waals surface area contributed by atoms with Crippen LogP contribution in [0.25, 0.3) is 0 Å².